The summed E-state index contributed by atoms with van der Waals surface area (Å²) in [5.74, 6) is 0.483. The number of benzene rings is 2. The number of nitrogen functional groups attached to an aromatic ring is 1. The number of fused-ring (bicyclic) bond motifs is 1. The third kappa shape index (κ3) is 3.91. The maximum absolute atomic E-state index is 5.93. The van der Waals surface area contributed by atoms with E-state index in [1.54, 1.807) is 0 Å². The minimum Gasteiger partial charge on any atom is -0.376 e. The first-order valence-corrected chi connectivity index (χ1v) is 8.81. The van der Waals surface area contributed by atoms with Crippen LogP contribution in [0.15, 0.2) is 53.0 Å². The number of nitrogens with zero attached hydrogens (tertiary/aromatic N) is 2. The van der Waals surface area contributed by atoms with E-state index in [1.807, 2.05) is 36.4 Å². The maximum atomic E-state index is 5.93. The molecule has 0 saturated heterocycles. The van der Waals surface area contributed by atoms with Gasteiger partial charge in [-0.1, -0.05) is 53.2 Å². The number of rotatable bonds is 6. The van der Waals surface area contributed by atoms with Crippen molar-refractivity contribution in [1.29, 1.82) is 0 Å². The van der Waals surface area contributed by atoms with E-state index in [2.05, 4.69) is 45.0 Å². The van der Waals surface area contributed by atoms with E-state index in [-0.39, 0.29) is 5.92 Å². The second-order valence-corrected chi connectivity index (χ2v) is 6.65. The van der Waals surface area contributed by atoms with Crippen molar-refractivity contribution >= 4 is 32.8 Å². The van der Waals surface area contributed by atoms with Gasteiger partial charge >= 0.3 is 0 Å². The molecule has 3 aromatic rings. The van der Waals surface area contributed by atoms with Gasteiger partial charge in [0, 0.05) is 15.8 Å². The molecule has 3 rings (SSSR count). The van der Waals surface area contributed by atoms with E-state index in [9.17, 15) is 0 Å². The molecule has 0 saturated carbocycles. The molecular formula is C19H20BrN3O. The second-order valence-electron chi connectivity index (χ2n) is 5.73. The predicted octanol–water partition coefficient (Wildman–Crippen LogP) is 4.68. The molecule has 0 spiro atoms. The monoisotopic (exact) mass is 385 g/mol. The molecule has 0 fully saturated rings. The van der Waals surface area contributed by atoms with Crippen molar-refractivity contribution in [2.24, 2.45) is 0 Å². The summed E-state index contributed by atoms with van der Waals surface area (Å²) in [5.41, 5.74) is 8.89. The zero-order chi connectivity index (χ0) is 16.9. The molecule has 5 heteroatoms. The number of halogens is 1. The third-order valence-corrected chi connectivity index (χ3v) is 4.51. The summed E-state index contributed by atoms with van der Waals surface area (Å²) in [4.78, 5) is 8.83. The van der Waals surface area contributed by atoms with Gasteiger partial charge in [-0.15, -0.1) is 0 Å². The number of ether oxygens (including phenoxy) is 1. The van der Waals surface area contributed by atoms with Crippen LogP contribution in [-0.4, -0.2) is 16.6 Å². The number of aromatic nitrogens is 2. The molecule has 4 nitrogen and oxygen atoms in total. The van der Waals surface area contributed by atoms with Crippen LogP contribution in [0, 0.1) is 0 Å². The second kappa shape index (κ2) is 7.73. The third-order valence-electron chi connectivity index (χ3n) is 4.01. The smallest absolute Gasteiger partial charge is 0.220 e. The van der Waals surface area contributed by atoms with Crippen LogP contribution in [0.2, 0.25) is 0 Å². The van der Waals surface area contributed by atoms with Crippen LogP contribution in [0.1, 0.15) is 30.5 Å². The molecule has 0 aliphatic carbocycles. The first-order valence-electron chi connectivity index (χ1n) is 8.01. The summed E-state index contributed by atoms with van der Waals surface area (Å²) >= 11 is 3.52. The van der Waals surface area contributed by atoms with Gasteiger partial charge in [-0.05, 0) is 30.2 Å². The van der Waals surface area contributed by atoms with Crippen molar-refractivity contribution in [2.75, 3.05) is 12.3 Å². The molecule has 24 heavy (non-hydrogen) atoms. The van der Waals surface area contributed by atoms with Gasteiger partial charge in [-0.3, -0.25) is 0 Å². The van der Waals surface area contributed by atoms with Gasteiger partial charge in [0.05, 0.1) is 24.4 Å². The molecule has 1 unspecified atom stereocenters. The zero-order valence-corrected chi connectivity index (χ0v) is 15.2. The van der Waals surface area contributed by atoms with Crippen LogP contribution >= 0.6 is 15.9 Å². The lowest BCUT2D eigenvalue weighted by Crippen LogP contribution is -2.11. The average molecular weight is 386 g/mol. The number of anilines is 1. The van der Waals surface area contributed by atoms with Gasteiger partial charge in [0.1, 0.15) is 0 Å². The summed E-state index contributed by atoms with van der Waals surface area (Å²) in [6.07, 6.45) is 0.923. The van der Waals surface area contributed by atoms with Crippen LogP contribution in [0.3, 0.4) is 0 Å². The molecule has 124 valence electrons. The highest BCUT2D eigenvalue weighted by Crippen LogP contribution is 2.29. The lowest BCUT2D eigenvalue weighted by Gasteiger charge is -2.17. The molecule has 0 radical (unpaired) electrons. The predicted molar refractivity (Wildman–Crippen MR) is 101 cm³/mol. The molecule has 1 heterocycles. The van der Waals surface area contributed by atoms with Gasteiger partial charge in [-0.2, -0.15) is 0 Å². The Morgan fingerprint density at radius 1 is 1.12 bits per heavy atom. The van der Waals surface area contributed by atoms with Crippen LogP contribution in [0.4, 0.5) is 5.95 Å². The van der Waals surface area contributed by atoms with Crippen LogP contribution in [0.5, 0.6) is 0 Å². The van der Waals surface area contributed by atoms with Gasteiger partial charge in [0.25, 0.3) is 0 Å². The number of hydrogen-bond acceptors (Lipinski definition) is 4. The molecule has 0 aliphatic heterocycles. The minimum absolute atomic E-state index is 0.177. The summed E-state index contributed by atoms with van der Waals surface area (Å²) in [6, 6.07) is 16.1. The minimum atomic E-state index is 0.177. The molecule has 0 aliphatic rings. The highest BCUT2D eigenvalue weighted by Gasteiger charge is 2.17. The summed E-state index contributed by atoms with van der Waals surface area (Å²) in [5, 5.41) is 1.02. The SMILES string of the molecule is CCC(COCc1ccccc1)c1nc(N)nc2ccc(Br)cc12. The van der Waals surface area contributed by atoms with Crippen molar-refractivity contribution in [3.05, 3.63) is 64.3 Å². The zero-order valence-electron chi connectivity index (χ0n) is 13.6. The van der Waals surface area contributed by atoms with E-state index in [0.29, 0.717) is 19.2 Å². The Bertz CT molecular complexity index is 823. The summed E-state index contributed by atoms with van der Waals surface area (Å²) in [7, 11) is 0. The van der Waals surface area contributed by atoms with Gasteiger partial charge in [0.15, 0.2) is 0 Å². The summed E-state index contributed by atoms with van der Waals surface area (Å²) < 4.78 is 6.94. The standard InChI is InChI=1S/C19H20BrN3O/c1-2-14(12-24-11-13-6-4-3-5-7-13)18-16-10-15(20)8-9-17(16)22-19(21)23-18/h3-10,14H,2,11-12H2,1H3,(H2,21,22,23). The van der Waals surface area contributed by atoms with Crippen molar-refractivity contribution in [3.63, 3.8) is 0 Å². The fourth-order valence-corrected chi connectivity index (χ4v) is 3.10. The Hall–Kier alpha value is -1.98. The number of nitrogens with two attached hydrogens (primary N) is 1. The fraction of sp³-hybridized carbons (Fsp3) is 0.263. The fourth-order valence-electron chi connectivity index (χ4n) is 2.74. The molecule has 1 aromatic heterocycles. The molecule has 1 atom stereocenters. The number of hydrogen-bond donors (Lipinski definition) is 1. The van der Waals surface area contributed by atoms with Gasteiger partial charge in [-0.25, -0.2) is 9.97 Å². The van der Waals surface area contributed by atoms with Crippen molar-refractivity contribution in [2.45, 2.75) is 25.9 Å². The van der Waals surface area contributed by atoms with Gasteiger partial charge < -0.3 is 10.5 Å². The largest absolute Gasteiger partial charge is 0.376 e. The van der Waals surface area contributed by atoms with Crippen molar-refractivity contribution in [3.8, 4) is 0 Å². The molecule has 2 N–H and O–H groups in total. The first kappa shape index (κ1) is 16.9. The molecule has 2 aromatic carbocycles. The van der Waals surface area contributed by atoms with Crippen molar-refractivity contribution < 1.29 is 4.74 Å². The Kier molecular flexibility index (Phi) is 5.43. The Morgan fingerprint density at radius 2 is 1.92 bits per heavy atom. The maximum Gasteiger partial charge on any atom is 0.220 e. The first-order chi connectivity index (χ1) is 11.7. The van der Waals surface area contributed by atoms with E-state index < -0.39 is 0 Å². The van der Waals surface area contributed by atoms with Gasteiger partial charge in [0.2, 0.25) is 5.95 Å². The van der Waals surface area contributed by atoms with E-state index in [4.69, 9.17) is 10.5 Å². The lowest BCUT2D eigenvalue weighted by molar-refractivity contribution is 0.105. The van der Waals surface area contributed by atoms with Crippen LogP contribution in [-0.2, 0) is 11.3 Å². The lowest BCUT2D eigenvalue weighted by atomic mass is 9.99. The normalized spacial score (nSPS) is 12.4. The van der Waals surface area contributed by atoms with Crippen LogP contribution in [0.25, 0.3) is 10.9 Å². The van der Waals surface area contributed by atoms with E-state index in [0.717, 1.165) is 27.5 Å². The van der Waals surface area contributed by atoms with Crippen LogP contribution < -0.4 is 5.73 Å². The quantitative estimate of drug-likeness (QED) is 0.668. The van der Waals surface area contributed by atoms with E-state index >= 15 is 0 Å². The Labute approximate surface area is 150 Å². The molecular weight excluding hydrogens is 366 g/mol. The highest BCUT2D eigenvalue weighted by molar-refractivity contribution is 9.10. The van der Waals surface area contributed by atoms with Crippen molar-refractivity contribution in [1.82, 2.24) is 9.97 Å². The molecule has 0 amide bonds. The Morgan fingerprint density at radius 3 is 2.67 bits per heavy atom. The molecule has 0 bridgehead atoms. The highest BCUT2D eigenvalue weighted by atomic mass is 79.9. The summed E-state index contributed by atoms with van der Waals surface area (Å²) in [6.45, 7) is 3.33. The average Bonchev–Trinajstić information content (AvgIpc) is 2.59. The van der Waals surface area contributed by atoms with E-state index in [1.165, 1.54) is 5.56 Å². The topological polar surface area (TPSA) is 61.0 Å². The Balaban J connectivity index is 1.82.